The molecule has 174 valence electrons. The van der Waals surface area contributed by atoms with Crippen LogP contribution in [0.15, 0.2) is 72.8 Å². The highest BCUT2D eigenvalue weighted by Crippen LogP contribution is 2.57. The number of methoxy groups -OCH3 is 1. The van der Waals surface area contributed by atoms with Crippen molar-refractivity contribution in [3.63, 3.8) is 0 Å². The number of fused-ring (bicyclic) bond motifs is 3. The summed E-state index contributed by atoms with van der Waals surface area (Å²) in [5, 5.41) is 0. The molecule has 0 bridgehead atoms. The molecule has 2 fully saturated rings. The van der Waals surface area contributed by atoms with Crippen molar-refractivity contribution in [2.24, 2.45) is 11.8 Å². The van der Waals surface area contributed by atoms with Crippen molar-refractivity contribution >= 4 is 29.1 Å². The Morgan fingerprint density at radius 3 is 2.11 bits per heavy atom. The van der Waals surface area contributed by atoms with E-state index < -0.39 is 46.9 Å². The quantitative estimate of drug-likeness (QED) is 0.431. The van der Waals surface area contributed by atoms with Crippen LogP contribution < -0.4 is 9.64 Å². The van der Waals surface area contributed by atoms with Gasteiger partial charge < -0.3 is 9.47 Å². The van der Waals surface area contributed by atoms with E-state index in [9.17, 15) is 19.2 Å². The maximum Gasteiger partial charge on any atom is 0.241 e. The lowest BCUT2D eigenvalue weighted by molar-refractivity contribution is -0.127. The van der Waals surface area contributed by atoms with Gasteiger partial charge in [-0.3, -0.25) is 19.2 Å². The highest BCUT2D eigenvalue weighted by atomic mass is 16.5. The molecule has 0 radical (unpaired) electrons. The zero-order chi connectivity index (χ0) is 24.5. The normalized spacial score (nSPS) is 24.3. The Hall–Kier alpha value is -4.10. The van der Waals surface area contributed by atoms with Gasteiger partial charge in [0.15, 0.2) is 0 Å². The number of Topliss-reactive ketones (excluding diaryl/α,β-unsaturated/α-hetero) is 2. The second kappa shape index (κ2) is 7.45. The zero-order valence-electron chi connectivity index (χ0n) is 19.1. The number of benzene rings is 3. The standard InChI is InChI=1S/C28H21NO6/c1-15-10-12-17(13-11-15)29-26(32)21-22(27(29)33)28(24(30)19-8-3-4-9-20(19)25(28)31)35-23(21)16-6-5-7-18(14-16)34-2/h3-14,21-23H,1-2H3/t21-,22+,23-/m0/s1. The molecule has 2 aliphatic heterocycles. The molecular weight excluding hydrogens is 446 g/mol. The Labute approximate surface area is 201 Å². The molecule has 1 aliphatic carbocycles. The molecule has 6 rings (SSSR count). The number of anilines is 1. The molecule has 1 spiro atoms. The average molecular weight is 467 g/mol. The van der Waals surface area contributed by atoms with Crippen LogP contribution in [0.25, 0.3) is 0 Å². The molecule has 3 aliphatic rings. The van der Waals surface area contributed by atoms with Crippen LogP contribution in [0.3, 0.4) is 0 Å². The van der Waals surface area contributed by atoms with Gasteiger partial charge in [-0.25, -0.2) is 4.90 Å². The highest BCUT2D eigenvalue weighted by Gasteiger charge is 2.74. The molecule has 35 heavy (non-hydrogen) atoms. The highest BCUT2D eigenvalue weighted by molar-refractivity contribution is 6.37. The maximum absolute atomic E-state index is 13.9. The molecule has 0 saturated carbocycles. The molecule has 3 aromatic carbocycles. The SMILES string of the molecule is COc1cccc([C@@H]2OC3(C(=O)c4ccccc4C3=O)[C@H]3C(=O)N(c4ccc(C)cc4)C(=O)[C@H]23)c1. The van der Waals surface area contributed by atoms with E-state index >= 15 is 0 Å². The summed E-state index contributed by atoms with van der Waals surface area (Å²) in [4.78, 5) is 56.3. The van der Waals surface area contributed by atoms with Gasteiger partial charge in [-0.05, 0) is 36.8 Å². The number of imide groups is 1. The van der Waals surface area contributed by atoms with Gasteiger partial charge >= 0.3 is 0 Å². The molecular formula is C28H21NO6. The first-order valence-electron chi connectivity index (χ1n) is 11.3. The third kappa shape index (κ3) is 2.76. The number of amides is 2. The maximum atomic E-state index is 13.9. The number of carbonyl (C=O) groups excluding carboxylic acids is 4. The minimum absolute atomic E-state index is 0.205. The first-order chi connectivity index (χ1) is 16.9. The number of hydrogen-bond acceptors (Lipinski definition) is 6. The van der Waals surface area contributed by atoms with Crippen molar-refractivity contribution in [2.45, 2.75) is 18.6 Å². The number of rotatable bonds is 3. The number of aryl methyl sites for hydroxylation is 1. The summed E-state index contributed by atoms with van der Waals surface area (Å²) in [5.41, 5.74) is 0.246. The van der Waals surface area contributed by atoms with Gasteiger partial charge in [0.25, 0.3) is 0 Å². The molecule has 2 saturated heterocycles. The fourth-order valence-corrected chi connectivity index (χ4v) is 5.58. The number of hydrogen-bond donors (Lipinski definition) is 0. The fourth-order valence-electron chi connectivity index (χ4n) is 5.58. The third-order valence-electron chi connectivity index (χ3n) is 7.23. The lowest BCUT2D eigenvalue weighted by Crippen LogP contribution is -2.51. The predicted octanol–water partition coefficient (Wildman–Crippen LogP) is 3.70. The van der Waals surface area contributed by atoms with Crippen LogP contribution in [0, 0.1) is 18.8 Å². The molecule has 0 unspecified atom stereocenters. The monoisotopic (exact) mass is 467 g/mol. The van der Waals surface area contributed by atoms with E-state index in [2.05, 4.69) is 0 Å². The summed E-state index contributed by atoms with van der Waals surface area (Å²) in [7, 11) is 1.52. The number of ketones is 2. The van der Waals surface area contributed by atoms with E-state index in [1.807, 2.05) is 6.92 Å². The summed E-state index contributed by atoms with van der Waals surface area (Å²) < 4.78 is 11.6. The van der Waals surface area contributed by atoms with E-state index in [4.69, 9.17) is 9.47 Å². The lowest BCUT2D eigenvalue weighted by Gasteiger charge is -2.27. The van der Waals surface area contributed by atoms with Crippen molar-refractivity contribution in [3.8, 4) is 5.75 Å². The van der Waals surface area contributed by atoms with Crippen LogP contribution in [-0.4, -0.2) is 36.1 Å². The van der Waals surface area contributed by atoms with Crippen LogP contribution in [0.5, 0.6) is 5.75 Å². The molecule has 0 aromatic heterocycles. The molecule has 2 amide bonds. The summed E-state index contributed by atoms with van der Waals surface area (Å²) in [6, 6.07) is 20.3. The third-order valence-corrected chi connectivity index (χ3v) is 7.23. The van der Waals surface area contributed by atoms with Gasteiger partial charge in [0.1, 0.15) is 5.75 Å². The van der Waals surface area contributed by atoms with Gasteiger partial charge in [-0.2, -0.15) is 0 Å². The van der Waals surface area contributed by atoms with Gasteiger partial charge in [-0.15, -0.1) is 0 Å². The lowest BCUT2D eigenvalue weighted by atomic mass is 9.77. The summed E-state index contributed by atoms with van der Waals surface area (Å²) in [6.45, 7) is 1.90. The largest absolute Gasteiger partial charge is 0.497 e. The van der Waals surface area contributed by atoms with Crippen molar-refractivity contribution in [3.05, 3.63) is 95.1 Å². The molecule has 3 aromatic rings. The fraction of sp³-hybridized carbons (Fsp3) is 0.214. The van der Waals surface area contributed by atoms with Crippen LogP contribution in [0.2, 0.25) is 0 Å². The number of carbonyl (C=O) groups is 4. The van der Waals surface area contributed by atoms with Gasteiger partial charge in [0, 0.05) is 11.1 Å². The molecule has 0 N–H and O–H groups in total. The minimum Gasteiger partial charge on any atom is -0.497 e. The smallest absolute Gasteiger partial charge is 0.241 e. The Morgan fingerprint density at radius 1 is 0.829 bits per heavy atom. The summed E-state index contributed by atoms with van der Waals surface area (Å²) in [5.74, 6) is -4.05. The van der Waals surface area contributed by atoms with Crippen molar-refractivity contribution < 1.29 is 28.7 Å². The Morgan fingerprint density at radius 2 is 1.49 bits per heavy atom. The van der Waals surface area contributed by atoms with Crippen LogP contribution in [0.1, 0.15) is 37.9 Å². The van der Waals surface area contributed by atoms with Crippen LogP contribution >= 0.6 is 0 Å². The summed E-state index contributed by atoms with van der Waals surface area (Å²) in [6.07, 6.45) is -0.982. The van der Waals surface area contributed by atoms with E-state index in [1.165, 1.54) is 7.11 Å². The van der Waals surface area contributed by atoms with Gasteiger partial charge in [-0.1, -0.05) is 54.1 Å². The minimum atomic E-state index is -2.09. The Balaban J connectivity index is 1.54. The second-order valence-electron chi connectivity index (χ2n) is 9.11. The van der Waals surface area contributed by atoms with Crippen molar-refractivity contribution in [1.29, 1.82) is 0 Å². The first-order valence-corrected chi connectivity index (χ1v) is 11.3. The van der Waals surface area contributed by atoms with Crippen molar-refractivity contribution in [2.75, 3.05) is 12.0 Å². The predicted molar refractivity (Wildman–Crippen MR) is 125 cm³/mol. The average Bonchev–Trinajstić information content (AvgIpc) is 3.45. The molecule has 2 heterocycles. The van der Waals surface area contributed by atoms with Gasteiger partial charge in [0.2, 0.25) is 29.0 Å². The van der Waals surface area contributed by atoms with E-state index in [1.54, 1.807) is 72.8 Å². The van der Waals surface area contributed by atoms with E-state index in [-0.39, 0.29) is 11.1 Å². The second-order valence-corrected chi connectivity index (χ2v) is 9.11. The number of ether oxygens (including phenoxy) is 2. The summed E-state index contributed by atoms with van der Waals surface area (Å²) >= 11 is 0. The topological polar surface area (TPSA) is 90.0 Å². The van der Waals surface area contributed by atoms with Crippen LogP contribution in [0.4, 0.5) is 5.69 Å². The number of nitrogens with zero attached hydrogens (tertiary/aromatic N) is 1. The molecule has 7 heteroatoms. The Kier molecular flexibility index (Phi) is 4.56. The zero-order valence-corrected chi connectivity index (χ0v) is 19.1. The van der Waals surface area contributed by atoms with Crippen molar-refractivity contribution in [1.82, 2.24) is 0 Å². The van der Waals surface area contributed by atoms with Gasteiger partial charge in [0.05, 0.1) is 30.7 Å². The first kappa shape index (κ1) is 21.4. The molecule has 3 atom stereocenters. The Bertz CT molecular complexity index is 1390. The van der Waals surface area contributed by atoms with E-state index in [0.29, 0.717) is 17.0 Å². The van der Waals surface area contributed by atoms with Crippen LogP contribution in [-0.2, 0) is 14.3 Å². The van der Waals surface area contributed by atoms with E-state index in [0.717, 1.165) is 10.5 Å². The molecule has 7 nitrogen and oxygen atoms in total.